The van der Waals surface area contributed by atoms with E-state index in [1.807, 2.05) is 24.3 Å². The van der Waals surface area contributed by atoms with E-state index in [0.717, 1.165) is 12.0 Å². The number of fused-ring (bicyclic) bond motifs is 1. The maximum atomic E-state index is 11.4. The van der Waals surface area contributed by atoms with Gasteiger partial charge in [0, 0.05) is 17.0 Å². The molecular weight excluding hydrogens is 352 g/mol. The van der Waals surface area contributed by atoms with E-state index in [1.54, 1.807) is 11.6 Å². The summed E-state index contributed by atoms with van der Waals surface area (Å²) in [7, 11) is 0. The molecule has 124 valence electrons. The van der Waals surface area contributed by atoms with E-state index >= 15 is 0 Å². The number of halogens is 1. The van der Waals surface area contributed by atoms with Gasteiger partial charge in [-0.1, -0.05) is 35.1 Å². The second kappa shape index (κ2) is 6.04. The van der Waals surface area contributed by atoms with Crippen LogP contribution in [0.2, 0.25) is 5.02 Å². The highest BCUT2D eigenvalue weighted by Gasteiger charge is 2.33. The zero-order valence-electron chi connectivity index (χ0n) is 12.4. The molecule has 1 fully saturated rings. The third-order valence-electron chi connectivity index (χ3n) is 4.02. The highest BCUT2D eigenvalue weighted by atomic mass is 35.5. The lowest BCUT2D eigenvalue weighted by Gasteiger charge is -2.20. The first-order valence-electron chi connectivity index (χ1n) is 7.37. The van der Waals surface area contributed by atoms with E-state index in [9.17, 15) is 10.1 Å². The van der Waals surface area contributed by atoms with Crippen molar-refractivity contribution in [3.8, 4) is 0 Å². The first kappa shape index (κ1) is 15.4. The topological polar surface area (TPSA) is 81.7 Å². The monoisotopic (exact) mass is 364 g/mol. The van der Waals surface area contributed by atoms with Gasteiger partial charge in [-0.3, -0.25) is 0 Å². The zero-order valence-corrected chi connectivity index (χ0v) is 14.0. The van der Waals surface area contributed by atoms with Gasteiger partial charge in [0.05, 0.1) is 6.04 Å². The Hall–Kier alpha value is -2.16. The number of anilines is 1. The van der Waals surface area contributed by atoms with Crippen molar-refractivity contribution in [2.24, 2.45) is 0 Å². The summed E-state index contributed by atoms with van der Waals surface area (Å²) in [5, 5.41) is 17.1. The SMILES string of the molecule is O=[N+]([O-])c1c(N[C@H]2CCO[C@H]2c2ccc(Cl)cc2)nc2sccn12. The summed E-state index contributed by atoms with van der Waals surface area (Å²) in [4.78, 5) is 15.9. The molecule has 2 aromatic heterocycles. The number of nitrogens with one attached hydrogen (secondary N) is 1. The van der Waals surface area contributed by atoms with Crippen LogP contribution in [0.5, 0.6) is 0 Å². The van der Waals surface area contributed by atoms with Gasteiger partial charge in [-0.15, -0.1) is 0 Å². The molecule has 0 saturated carbocycles. The molecule has 3 heterocycles. The van der Waals surface area contributed by atoms with Crippen LogP contribution in [0, 0.1) is 10.1 Å². The van der Waals surface area contributed by atoms with Crippen LogP contribution in [0.15, 0.2) is 35.8 Å². The van der Waals surface area contributed by atoms with E-state index in [-0.39, 0.29) is 23.8 Å². The van der Waals surface area contributed by atoms with Crippen LogP contribution in [0.1, 0.15) is 18.1 Å². The Bertz CT molecular complexity index is 892. The fraction of sp³-hybridized carbons (Fsp3) is 0.267. The van der Waals surface area contributed by atoms with Crippen molar-refractivity contribution in [1.82, 2.24) is 9.38 Å². The van der Waals surface area contributed by atoms with Gasteiger partial charge in [0.15, 0.2) is 0 Å². The van der Waals surface area contributed by atoms with Gasteiger partial charge in [-0.25, -0.2) is 0 Å². The zero-order chi connectivity index (χ0) is 16.7. The molecule has 0 spiro atoms. The molecule has 0 bridgehead atoms. The molecule has 1 aromatic carbocycles. The molecule has 0 radical (unpaired) electrons. The maximum Gasteiger partial charge on any atom is 0.372 e. The van der Waals surface area contributed by atoms with Gasteiger partial charge in [0.2, 0.25) is 5.82 Å². The second-order valence-corrected chi connectivity index (χ2v) is 6.79. The minimum atomic E-state index is -0.415. The highest BCUT2D eigenvalue weighted by Crippen LogP contribution is 2.35. The van der Waals surface area contributed by atoms with Crippen molar-refractivity contribution < 1.29 is 9.66 Å². The molecule has 0 amide bonds. The Labute approximate surface area is 146 Å². The summed E-state index contributed by atoms with van der Waals surface area (Å²) >= 11 is 7.29. The molecule has 2 atom stereocenters. The fourth-order valence-electron chi connectivity index (χ4n) is 2.94. The van der Waals surface area contributed by atoms with Gasteiger partial charge >= 0.3 is 5.82 Å². The summed E-state index contributed by atoms with van der Waals surface area (Å²) in [5.74, 6) is 0.231. The molecule has 24 heavy (non-hydrogen) atoms. The van der Waals surface area contributed by atoms with Crippen molar-refractivity contribution in [3.05, 3.63) is 56.5 Å². The number of imidazole rings is 1. The fourth-order valence-corrected chi connectivity index (χ4v) is 3.77. The number of benzene rings is 1. The van der Waals surface area contributed by atoms with Gasteiger partial charge in [0.25, 0.3) is 4.96 Å². The van der Waals surface area contributed by atoms with E-state index in [0.29, 0.717) is 16.6 Å². The van der Waals surface area contributed by atoms with Crippen LogP contribution in [-0.4, -0.2) is 27.0 Å². The summed E-state index contributed by atoms with van der Waals surface area (Å²) < 4.78 is 7.30. The highest BCUT2D eigenvalue weighted by molar-refractivity contribution is 7.15. The Morgan fingerprint density at radius 2 is 2.21 bits per heavy atom. The molecule has 4 rings (SSSR count). The first-order valence-corrected chi connectivity index (χ1v) is 8.63. The normalized spacial score (nSPS) is 20.5. The van der Waals surface area contributed by atoms with E-state index in [2.05, 4.69) is 10.3 Å². The minimum absolute atomic E-state index is 0.0481. The Balaban J connectivity index is 1.64. The molecule has 1 saturated heterocycles. The molecule has 3 aromatic rings. The average molecular weight is 365 g/mol. The molecule has 0 aliphatic carbocycles. The van der Waals surface area contributed by atoms with Gasteiger partial charge < -0.3 is 20.2 Å². The molecule has 1 aliphatic rings. The van der Waals surface area contributed by atoms with Gasteiger partial charge in [-0.05, 0) is 29.0 Å². The second-order valence-electron chi connectivity index (χ2n) is 5.48. The van der Waals surface area contributed by atoms with Crippen LogP contribution in [0.4, 0.5) is 11.6 Å². The van der Waals surface area contributed by atoms with Crippen molar-refractivity contribution in [3.63, 3.8) is 0 Å². The quantitative estimate of drug-likeness (QED) is 0.560. The number of thiazole rings is 1. The molecule has 7 nitrogen and oxygen atoms in total. The van der Waals surface area contributed by atoms with Crippen LogP contribution in [-0.2, 0) is 4.74 Å². The average Bonchev–Trinajstić information content (AvgIpc) is 3.23. The summed E-state index contributed by atoms with van der Waals surface area (Å²) in [5.41, 5.74) is 0.984. The van der Waals surface area contributed by atoms with E-state index in [1.165, 1.54) is 15.7 Å². The molecule has 9 heteroatoms. The summed E-state index contributed by atoms with van der Waals surface area (Å²) in [6, 6.07) is 7.35. The molecule has 0 unspecified atom stereocenters. The van der Waals surface area contributed by atoms with Gasteiger partial charge in [-0.2, -0.15) is 9.38 Å². The molecule has 1 aliphatic heterocycles. The first-order chi connectivity index (χ1) is 11.6. The van der Waals surface area contributed by atoms with E-state index in [4.69, 9.17) is 16.3 Å². The Kier molecular flexibility index (Phi) is 3.87. The smallest absolute Gasteiger partial charge is 0.371 e. The number of nitrogens with zero attached hydrogens (tertiary/aromatic N) is 3. The number of nitro groups is 1. The molecule has 1 N–H and O–H groups in total. The Morgan fingerprint density at radius 3 is 2.96 bits per heavy atom. The number of aromatic nitrogens is 2. The standard InChI is InChI=1S/C15H13ClN4O3S/c16-10-3-1-9(2-4-10)12-11(5-7-23-12)17-13-14(20(21)22)19-6-8-24-15(19)18-13/h1-4,6,8,11-12,17H,5,7H2/t11-,12-/m0/s1. The van der Waals surface area contributed by atoms with E-state index < -0.39 is 4.92 Å². The maximum absolute atomic E-state index is 11.4. The van der Waals surface area contributed by atoms with Crippen molar-refractivity contribution in [2.45, 2.75) is 18.6 Å². The lowest BCUT2D eigenvalue weighted by atomic mass is 10.0. The lowest BCUT2D eigenvalue weighted by Crippen LogP contribution is -2.23. The molecular formula is C15H13ClN4O3S. The van der Waals surface area contributed by atoms with Crippen molar-refractivity contribution >= 4 is 39.5 Å². The third-order valence-corrected chi connectivity index (χ3v) is 5.03. The number of hydrogen-bond acceptors (Lipinski definition) is 6. The minimum Gasteiger partial charge on any atom is -0.371 e. The van der Waals surface area contributed by atoms with Crippen LogP contribution >= 0.6 is 22.9 Å². The van der Waals surface area contributed by atoms with Crippen LogP contribution < -0.4 is 5.32 Å². The lowest BCUT2D eigenvalue weighted by molar-refractivity contribution is -0.389. The third kappa shape index (κ3) is 2.62. The predicted octanol–water partition coefficient (Wildman–Crippen LogP) is 3.90. The van der Waals surface area contributed by atoms with Crippen molar-refractivity contribution in [2.75, 3.05) is 11.9 Å². The van der Waals surface area contributed by atoms with Crippen molar-refractivity contribution in [1.29, 1.82) is 0 Å². The number of rotatable bonds is 4. The largest absolute Gasteiger partial charge is 0.372 e. The van der Waals surface area contributed by atoms with Crippen LogP contribution in [0.3, 0.4) is 0 Å². The number of ether oxygens (including phenoxy) is 1. The summed E-state index contributed by atoms with van der Waals surface area (Å²) in [6.07, 6.45) is 2.20. The van der Waals surface area contributed by atoms with Gasteiger partial charge in [0.1, 0.15) is 12.3 Å². The predicted molar refractivity (Wildman–Crippen MR) is 91.9 cm³/mol. The Morgan fingerprint density at radius 1 is 1.42 bits per heavy atom. The van der Waals surface area contributed by atoms with Crippen LogP contribution in [0.25, 0.3) is 4.96 Å². The summed E-state index contributed by atoms with van der Waals surface area (Å²) in [6.45, 7) is 0.584. The number of hydrogen-bond donors (Lipinski definition) is 1.